The summed E-state index contributed by atoms with van der Waals surface area (Å²) in [6.45, 7) is 5.10. The van der Waals surface area contributed by atoms with E-state index < -0.39 is 17.4 Å². The van der Waals surface area contributed by atoms with Gasteiger partial charge >= 0.3 is 5.97 Å². The third-order valence-electron chi connectivity index (χ3n) is 2.54. The van der Waals surface area contributed by atoms with Gasteiger partial charge < -0.3 is 16.2 Å². The van der Waals surface area contributed by atoms with Crippen molar-refractivity contribution in [3.63, 3.8) is 0 Å². The molecular weight excluding hydrogens is 220 g/mol. The number of aromatic carboxylic acids is 1. The molecule has 0 bridgehead atoms. The van der Waals surface area contributed by atoms with Gasteiger partial charge in [-0.15, -0.1) is 0 Å². The molecule has 0 unspecified atom stereocenters. The molecule has 0 saturated carbocycles. The Morgan fingerprint density at radius 1 is 1.35 bits per heavy atom. The summed E-state index contributed by atoms with van der Waals surface area (Å²) in [7, 11) is 0. The second-order valence-electron chi connectivity index (χ2n) is 4.45. The number of carbonyl (C=O) groups is 2. The van der Waals surface area contributed by atoms with Gasteiger partial charge in [0.05, 0.1) is 5.56 Å². The van der Waals surface area contributed by atoms with E-state index in [1.807, 2.05) is 0 Å². The predicted molar refractivity (Wildman–Crippen MR) is 65.0 cm³/mol. The molecule has 0 aliphatic heterocycles. The van der Waals surface area contributed by atoms with Crippen LogP contribution in [-0.2, 0) is 4.79 Å². The van der Waals surface area contributed by atoms with Gasteiger partial charge in [0.2, 0.25) is 5.91 Å². The zero-order valence-corrected chi connectivity index (χ0v) is 10.1. The van der Waals surface area contributed by atoms with Gasteiger partial charge in [-0.3, -0.25) is 4.79 Å². The van der Waals surface area contributed by atoms with E-state index >= 15 is 0 Å². The Balaban J connectivity index is 3.02. The smallest absolute Gasteiger partial charge is 0.335 e. The summed E-state index contributed by atoms with van der Waals surface area (Å²) in [5, 5.41) is 11.8. The van der Waals surface area contributed by atoms with E-state index in [1.165, 1.54) is 6.07 Å². The largest absolute Gasteiger partial charge is 0.478 e. The highest BCUT2D eigenvalue weighted by atomic mass is 16.4. The van der Waals surface area contributed by atoms with Gasteiger partial charge in [-0.05, 0) is 44.5 Å². The van der Waals surface area contributed by atoms with Gasteiger partial charge in [-0.2, -0.15) is 0 Å². The molecule has 1 aromatic rings. The Labute approximate surface area is 99.6 Å². The van der Waals surface area contributed by atoms with Crippen molar-refractivity contribution >= 4 is 17.6 Å². The highest BCUT2D eigenvalue weighted by Crippen LogP contribution is 2.20. The van der Waals surface area contributed by atoms with E-state index in [2.05, 4.69) is 5.32 Å². The van der Waals surface area contributed by atoms with Crippen LogP contribution in [0.4, 0.5) is 5.69 Å². The van der Waals surface area contributed by atoms with E-state index in [1.54, 1.807) is 32.9 Å². The Hall–Kier alpha value is -2.04. The molecule has 0 spiro atoms. The normalized spacial score (nSPS) is 11.0. The minimum absolute atomic E-state index is 0.213. The van der Waals surface area contributed by atoms with Crippen LogP contribution in [0.2, 0.25) is 0 Å². The van der Waals surface area contributed by atoms with Crippen LogP contribution in [0.5, 0.6) is 0 Å². The number of carbonyl (C=O) groups excluding carboxylic acids is 1. The first kappa shape index (κ1) is 13.0. The van der Waals surface area contributed by atoms with E-state index in [-0.39, 0.29) is 5.56 Å². The summed E-state index contributed by atoms with van der Waals surface area (Å²) in [6.07, 6.45) is 0. The molecule has 0 fully saturated rings. The van der Waals surface area contributed by atoms with Crippen molar-refractivity contribution in [2.24, 2.45) is 5.73 Å². The fourth-order valence-electron chi connectivity index (χ4n) is 1.34. The number of nitrogens with two attached hydrogens (primary N) is 1. The Morgan fingerprint density at radius 3 is 2.35 bits per heavy atom. The molecule has 0 atom stereocenters. The van der Waals surface area contributed by atoms with Crippen molar-refractivity contribution in [1.29, 1.82) is 0 Å². The highest BCUT2D eigenvalue weighted by Gasteiger charge is 2.24. The molecule has 1 rings (SSSR count). The Morgan fingerprint density at radius 2 is 1.94 bits per heavy atom. The molecule has 92 valence electrons. The van der Waals surface area contributed by atoms with Crippen molar-refractivity contribution in [3.8, 4) is 0 Å². The van der Waals surface area contributed by atoms with E-state index in [4.69, 9.17) is 10.8 Å². The van der Waals surface area contributed by atoms with Gasteiger partial charge in [0, 0.05) is 5.69 Å². The van der Waals surface area contributed by atoms with Crippen molar-refractivity contribution in [2.45, 2.75) is 26.3 Å². The Kier molecular flexibility index (Phi) is 3.41. The molecule has 0 aliphatic rings. The molecule has 0 radical (unpaired) electrons. The summed E-state index contributed by atoms with van der Waals surface area (Å²) in [5.74, 6) is -1.45. The maximum Gasteiger partial charge on any atom is 0.335 e. The van der Waals surface area contributed by atoms with Crippen LogP contribution in [0.1, 0.15) is 29.8 Å². The average molecular weight is 236 g/mol. The molecule has 0 heterocycles. The van der Waals surface area contributed by atoms with Gasteiger partial charge in [0.1, 0.15) is 5.54 Å². The van der Waals surface area contributed by atoms with Crippen LogP contribution in [0, 0.1) is 6.92 Å². The standard InChI is InChI=1S/C12H16N2O3/c1-7-6-8(10(15)16)4-5-9(7)14-12(2,3)11(13)17/h4-6,14H,1-3H3,(H2,13,17)(H,15,16). The summed E-state index contributed by atoms with van der Waals surface area (Å²) in [6, 6.07) is 4.65. The summed E-state index contributed by atoms with van der Waals surface area (Å²) in [4.78, 5) is 21.9. The summed E-state index contributed by atoms with van der Waals surface area (Å²) in [5.41, 5.74) is 6.03. The van der Waals surface area contributed by atoms with E-state index in [0.717, 1.165) is 5.56 Å². The zero-order chi connectivity index (χ0) is 13.2. The molecular formula is C12H16N2O3. The van der Waals surface area contributed by atoms with Crippen LogP contribution in [0.15, 0.2) is 18.2 Å². The molecule has 0 saturated heterocycles. The fourth-order valence-corrected chi connectivity index (χ4v) is 1.34. The molecule has 17 heavy (non-hydrogen) atoms. The predicted octanol–water partition coefficient (Wildman–Crippen LogP) is 1.37. The van der Waals surface area contributed by atoms with Gasteiger partial charge in [0.15, 0.2) is 0 Å². The lowest BCUT2D eigenvalue weighted by Gasteiger charge is -2.24. The molecule has 1 aromatic carbocycles. The third-order valence-corrected chi connectivity index (χ3v) is 2.54. The van der Waals surface area contributed by atoms with E-state index in [0.29, 0.717) is 5.69 Å². The monoisotopic (exact) mass is 236 g/mol. The first-order valence-corrected chi connectivity index (χ1v) is 5.16. The first-order chi connectivity index (χ1) is 7.74. The number of nitrogens with one attached hydrogen (secondary N) is 1. The number of carboxylic acid groups (broad SMARTS) is 1. The van der Waals surface area contributed by atoms with Crippen molar-refractivity contribution in [2.75, 3.05) is 5.32 Å². The number of anilines is 1. The summed E-state index contributed by atoms with van der Waals surface area (Å²) >= 11 is 0. The minimum atomic E-state index is -0.978. The number of primary amides is 1. The lowest BCUT2D eigenvalue weighted by Crippen LogP contribution is -2.45. The fraction of sp³-hybridized carbons (Fsp3) is 0.333. The molecule has 4 N–H and O–H groups in total. The van der Waals surface area contributed by atoms with Crippen LogP contribution in [0.25, 0.3) is 0 Å². The molecule has 0 aromatic heterocycles. The number of rotatable bonds is 4. The minimum Gasteiger partial charge on any atom is -0.478 e. The average Bonchev–Trinajstić information content (AvgIpc) is 2.20. The molecule has 5 heteroatoms. The highest BCUT2D eigenvalue weighted by molar-refractivity contribution is 5.90. The molecule has 1 amide bonds. The number of amides is 1. The summed E-state index contributed by atoms with van der Waals surface area (Å²) < 4.78 is 0. The van der Waals surface area contributed by atoms with Crippen LogP contribution in [-0.4, -0.2) is 22.5 Å². The topological polar surface area (TPSA) is 92.4 Å². The first-order valence-electron chi connectivity index (χ1n) is 5.16. The second-order valence-corrected chi connectivity index (χ2v) is 4.45. The number of carboxylic acids is 1. The lowest BCUT2D eigenvalue weighted by atomic mass is 10.0. The van der Waals surface area contributed by atoms with Gasteiger partial charge in [-0.25, -0.2) is 4.79 Å². The van der Waals surface area contributed by atoms with Gasteiger partial charge in [0.25, 0.3) is 0 Å². The number of hydrogen-bond acceptors (Lipinski definition) is 3. The Bertz CT molecular complexity index is 467. The SMILES string of the molecule is Cc1cc(C(=O)O)ccc1NC(C)(C)C(N)=O. The molecule has 0 aliphatic carbocycles. The van der Waals surface area contributed by atoms with Crippen molar-refractivity contribution in [3.05, 3.63) is 29.3 Å². The van der Waals surface area contributed by atoms with Crippen LogP contribution in [0.3, 0.4) is 0 Å². The van der Waals surface area contributed by atoms with Crippen molar-refractivity contribution < 1.29 is 14.7 Å². The maximum atomic E-state index is 11.2. The number of aryl methyl sites for hydroxylation is 1. The van der Waals surface area contributed by atoms with Crippen LogP contribution >= 0.6 is 0 Å². The third kappa shape index (κ3) is 2.96. The lowest BCUT2D eigenvalue weighted by molar-refractivity contribution is -0.121. The zero-order valence-electron chi connectivity index (χ0n) is 10.1. The van der Waals surface area contributed by atoms with Crippen LogP contribution < -0.4 is 11.1 Å². The quantitative estimate of drug-likeness (QED) is 0.736. The maximum absolute atomic E-state index is 11.2. The van der Waals surface area contributed by atoms with E-state index in [9.17, 15) is 9.59 Å². The van der Waals surface area contributed by atoms with Gasteiger partial charge in [-0.1, -0.05) is 0 Å². The second kappa shape index (κ2) is 4.45. The molecule has 5 nitrogen and oxygen atoms in total. The van der Waals surface area contributed by atoms with Crippen molar-refractivity contribution in [1.82, 2.24) is 0 Å². The number of hydrogen-bond donors (Lipinski definition) is 3. The number of benzene rings is 1.